The van der Waals surface area contributed by atoms with Gasteiger partial charge in [0.1, 0.15) is 6.33 Å². The molecule has 5 rings (SSSR count). The van der Waals surface area contributed by atoms with E-state index in [9.17, 15) is 4.79 Å². The van der Waals surface area contributed by atoms with Gasteiger partial charge in [-0.15, -0.1) is 0 Å². The van der Waals surface area contributed by atoms with Crippen LogP contribution in [0, 0.1) is 0 Å². The smallest absolute Gasteiger partial charge is 0.238 e. The molecule has 1 fully saturated rings. The first kappa shape index (κ1) is 19.4. The summed E-state index contributed by atoms with van der Waals surface area (Å²) >= 11 is 0. The Hall–Kier alpha value is -3.52. The third-order valence-electron chi connectivity index (χ3n) is 5.65. The summed E-state index contributed by atoms with van der Waals surface area (Å²) in [7, 11) is 0. The number of rotatable bonds is 5. The van der Waals surface area contributed by atoms with E-state index in [-0.39, 0.29) is 18.6 Å². The predicted octanol–water partition coefficient (Wildman–Crippen LogP) is 3.09. The van der Waals surface area contributed by atoms with Crippen LogP contribution in [0.1, 0.15) is 24.5 Å². The number of carbonyl (C=O) groups is 1. The molecule has 8 heteroatoms. The number of likely N-dealkylation sites (tertiary alicyclic amines) is 1. The summed E-state index contributed by atoms with van der Waals surface area (Å²) in [4.78, 5) is 27.8. The number of aromatic nitrogens is 3. The fraction of sp³-hybridized carbons (Fsp3) is 0.304. The average Bonchev–Trinajstić information content (AvgIpc) is 3.28. The molecule has 2 aromatic heterocycles. The zero-order valence-electron chi connectivity index (χ0n) is 17.0. The molecule has 4 heterocycles. The maximum Gasteiger partial charge on any atom is 0.238 e. The lowest BCUT2D eigenvalue weighted by molar-refractivity contribution is -0.117. The van der Waals surface area contributed by atoms with E-state index >= 15 is 0 Å². The van der Waals surface area contributed by atoms with Gasteiger partial charge in [0.25, 0.3) is 0 Å². The van der Waals surface area contributed by atoms with Crippen LogP contribution >= 0.6 is 0 Å². The lowest BCUT2D eigenvalue weighted by atomic mass is 9.90. The second-order valence-corrected chi connectivity index (χ2v) is 7.75. The highest BCUT2D eigenvalue weighted by molar-refractivity contribution is 5.92. The summed E-state index contributed by atoms with van der Waals surface area (Å²) in [5.41, 5.74) is 3.82. The Morgan fingerprint density at radius 3 is 2.90 bits per heavy atom. The van der Waals surface area contributed by atoms with E-state index in [0.717, 1.165) is 42.8 Å². The van der Waals surface area contributed by atoms with Crippen LogP contribution in [0.4, 0.5) is 5.69 Å². The molecule has 0 bridgehead atoms. The Labute approximate surface area is 180 Å². The number of amides is 1. The molecule has 2 aliphatic rings. The first-order valence-electron chi connectivity index (χ1n) is 10.4. The van der Waals surface area contributed by atoms with Crippen LogP contribution in [0.25, 0.3) is 11.1 Å². The van der Waals surface area contributed by atoms with Crippen LogP contribution in [0.2, 0.25) is 0 Å². The first-order valence-corrected chi connectivity index (χ1v) is 10.4. The number of benzene rings is 1. The molecule has 8 nitrogen and oxygen atoms in total. The molecule has 1 N–H and O–H groups in total. The van der Waals surface area contributed by atoms with E-state index in [4.69, 9.17) is 9.47 Å². The number of nitrogens with zero attached hydrogens (tertiary/aromatic N) is 4. The van der Waals surface area contributed by atoms with Gasteiger partial charge in [0, 0.05) is 48.4 Å². The summed E-state index contributed by atoms with van der Waals surface area (Å²) in [6, 6.07) is 9.38. The van der Waals surface area contributed by atoms with Crippen LogP contribution < -0.4 is 14.8 Å². The van der Waals surface area contributed by atoms with Crippen molar-refractivity contribution in [2.75, 3.05) is 31.7 Å². The minimum atomic E-state index is -0.0449. The third-order valence-corrected chi connectivity index (χ3v) is 5.65. The number of anilines is 1. The summed E-state index contributed by atoms with van der Waals surface area (Å²) in [6.07, 6.45) is 9.07. The fourth-order valence-electron chi connectivity index (χ4n) is 4.22. The largest absolute Gasteiger partial charge is 0.454 e. The number of carbonyl (C=O) groups excluding carboxylic acids is 1. The number of hydrogen-bond acceptors (Lipinski definition) is 7. The van der Waals surface area contributed by atoms with E-state index in [2.05, 4.69) is 25.2 Å². The maximum atomic E-state index is 12.7. The molecule has 0 aliphatic carbocycles. The van der Waals surface area contributed by atoms with Gasteiger partial charge in [-0.1, -0.05) is 0 Å². The summed E-state index contributed by atoms with van der Waals surface area (Å²) in [5.74, 6) is 1.56. The monoisotopic (exact) mass is 417 g/mol. The van der Waals surface area contributed by atoms with Crippen molar-refractivity contribution < 1.29 is 14.3 Å². The van der Waals surface area contributed by atoms with Crippen molar-refractivity contribution in [2.24, 2.45) is 0 Å². The first-order chi connectivity index (χ1) is 15.3. The standard InChI is InChI=1S/C23H23N5O3/c29-22(27-18-3-4-20-21(10-18)31-15-30-20)13-28-9-1-2-17(12-28)23-19(11-25-14-26-23)16-5-7-24-8-6-16/h3-8,10-11,14,17H,1-2,9,12-13,15H2,(H,27,29)/t17-/m0/s1. The fourth-order valence-corrected chi connectivity index (χ4v) is 4.22. The van der Waals surface area contributed by atoms with Gasteiger partial charge >= 0.3 is 0 Å². The highest BCUT2D eigenvalue weighted by atomic mass is 16.7. The van der Waals surface area contributed by atoms with Crippen LogP contribution in [-0.2, 0) is 4.79 Å². The Bertz CT molecular complexity index is 1080. The molecule has 0 unspecified atom stereocenters. The molecule has 2 aliphatic heterocycles. The molecule has 0 radical (unpaired) electrons. The highest BCUT2D eigenvalue weighted by Gasteiger charge is 2.26. The van der Waals surface area contributed by atoms with Crippen molar-refractivity contribution in [3.8, 4) is 22.6 Å². The minimum absolute atomic E-state index is 0.0449. The van der Waals surface area contributed by atoms with Crippen LogP contribution in [-0.4, -0.2) is 52.2 Å². The molecular formula is C23H23N5O3. The van der Waals surface area contributed by atoms with Crippen molar-refractivity contribution in [2.45, 2.75) is 18.8 Å². The van der Waals surface area contributed by atoms with Gasteiger partial charge in [0.05, 0.1) is 12.2 Å². The summed E-state index contributed by atoms with van der Waals surface area (Å²) in [6.45, 7) is 2.22. The minimum Gasteiger partial charge on any atom is -0.454 e. The topological polar surface area (TPSA) is 89.5 Å². The summed E-state index contributed by atoms with van der Waals surface area (Å²) < 4.78 is 10.7. The van der Waals surface area contributed by atoms with Gasteiger partial charge in [-0.2, -0.15) is 0 Å². The van der Waals surface area contributed by atoms with Crippen molar-refractivity contribution in [1.29, 1.82) is 0 Å². The van der Waals surface area contributed by atoms with Crippen molar-refractivity contribution in [3.05, 3.63) is 60.9 Å². The lowest BCUT2D eigenvalue weighted by Gasteiger charge is -2.32. The number of fused-ring (bicyclic) bond motifs is 1. The van der Waals surface area contributed by atoms with Crippen molar-refractivity contribution in [1.82, 2.24) is 19.9 Å². The molecule has 158 valence electrons. The number of hydrogen-bond donors (Lipinski definition) is 1. The molecule has 1 atom stereocenters. The molecule has 3 aromatic rings. The van der Waals surface area contributed by atoms with Crippen LogP contribution in [0.15, 0.2) is 55.2 Å². The van der Waals surface area contributed by atoms with Gasteiger partial charge in [-0.05, 0) is 49.2 Å². The highest BCUT2D eigenvalue weighted by Crippen LogP contribution is 2.34. The molecule has 1 saturated heterocycles. The molecule has 1 aromatic carbocycles. The van der Waals surface area contributed by atoms with E-state index in [1.807, 2.05) is 30.5 Å². The third kappa shape index (κ3) is 4.34. The van der Waals surface area contributed by atoms with Gasteiger partial charge < -0.3 is 14.8 Å². The lowest BCUT2D eigenvalue weighted by Crippen LogP contribution is -2.40. The second kappa shape index (κ2) is 8.69. The average molecular weight is 417 g/mol. The van der Waals surface area contributed by atoms with Crippen molar-refractivity contribution >= 4 is 11.6 Å². The zero-order valence-corrected chi connectivity index (χ0v) is 17.0. The predicted molar refractivity (Wildman–Crippen MR) is 115 cm³/mol. The number of nitrogens with one attached hydrogen (secondary N) is 1. The number of piperidine rings is 1. The Morgan fingerprint density at radius 2 is 2.00 bits per heavy atom. The van der Waals surface area contributed by atoms with Gasteiger partial charge in [0.15, 0.2) is 11.5 Å². The Morgan fingerprint density at radius 1 is 1.13 bits per heavy atom. The van der Waals surface area contributed by atoms with E-state index in [1.54, 1.807) is 24.8 Å². The SMILES string of the molecule is O=C(CN1CCC[C@H](c2ncncc2-c2ccncc2)C1)Nc1ccc2c(c1)OCO2. The molecule has 31 heavy (non-hydrogen) atoms. The van der Waals surface area contributed by atoms with E-state index in [1.165, 1.54) is 0 Å². The normalized spacial score (nSPS) is 18.0. The molecule has 1 amide bonds. The second-order valence-electron chi connectivity index (χ2n) is 7.75. The van der Waals surface area contributed by atoms with E-state index in [0.29, 0.717) is 23.7 Å². The molecular weight excluding hydrogens is 394 g/mol. The Kier molecular flexibility index (Phi) is 5.45. The van der Waals surface area contributed by atoms with Crippen LogP contribution in [0.5, 0.6) is 11.5 Å². The van der Waals surface area contributed by atoms with Crippen LogP contribution in [0.3, 0.4) is 0 Å². The number of ether oxygens (including phenoxy) is 2. The Balaban J connectivity index is 1.25. The number of pyridine rings is 1. The quantitative estimate of drug-likeness (QED) is 0.682. The zero-order chi connectivity index (χ0) is 21.0. The van der Waals surface area contributed by atoms with Crippen molar-refractivity contribution in [3.63, 3.8) is 0 Å². The maximum absolute atomic E-state index is 12.7. The van der Waals surface area contributed by atoms with Gasteiger partial charge in [-0.25, -0.2) is 9.97 Å². The summed E-state index contributed by atoms with van der Waals surface area (Å²) in [5, 5.41) is 2.96. The molecule has 0 spiro atoms. The van der Waals surface area contributed by atoms with Gasteiger partial charge in [0.2, 0.25) is 12.7 Å². The van der Waals surface area contributed by atoms with Gasteiger partial charge in [-0.3, -0.25) is 14.7 Å². The van der Waals surface area contributed by atoms with E-state index < -0.39 is 0 Å². The molecule has 0 saturated carbocycles.